The Morgan fingerprint density at radius 1 is 0.509 bits per heavy atom. The third-order valence-corrected chi connectivity index (χ3v) is 17.1. The molecular weight excluding hydrogens is 705 g/mol. The highest BCUT2D eigenvalue weighted by atomic mass is 32.2. The van der Waals surface area contributed by atoms with Crippen molar-refractivity contribution in [1.82, 2.24) is 9.55 Å². The van der Waals surface area contributed by atoms with Gasteiger partial charge in [0.25, 0.3) is 0 Å². The molecule has 5 heteroatoms. The van der Waals surface area contributed by atoms with Crippen LogP contribution >= 0.6 is 11.8 Å². The van der Waals surface area contributed by atoms with E-state index < -0.39 is 8.07 Å². The molecule has 11 rings (SSSR count). The SMILES string of the molecule is c1ccc([Si](c2ccccc2)(c2cccc(-c3ccc4c(c3)nc3n4-c4ccccc4SC3)c2)c2cccc(-c3cccc4c3oc3ccccc34)c2)cc1. The van der Waals surface area contributed by atoms with Crippen LogP contribution < -0.4 is 20.7 Å². The largest absolute Gasteiger partial charge is 0.455 e. The van der Waals surface area contributed by atoms with E-state index in [-0.39, 0.29) is 0 Å². The predicted molar refractivity (Wildman–Crippen MR) is 232 cm³/mol. The third kappa shape index (κ3) is 5.08. The summed E-state index contributed by atoms with van der Waals surface area (Å²) in [6, 6.07) is 71.1. The van der Waals surface area contributed by atoms with Gasteiger partial charge >= 0.3 is 0 Å². The zero-order chi connectivity index (χ0) is 36.3. The number of fused-ring (bicyclic) bond motifs is 8. The van der Waals surface area contributed by atoms with Crippen LogP contribution in [0.4, 0.5) is 0 Å². The van der Waals surface area contributed by atoms with Crippen molar-refractivity contribution in [2.75, 3.05) is 0 Å². The number of nitrogens with zero attached hydrogens (tertiary/aromatic N) is 2. The smallest absolute Gasteiger partial charge is 0.179 e. The zero-order valence-corrected chi connectivity index (χ0v) is 31.7. The average molecular weight is 739 g/mol. The Bertz CT molecular complexity index is 3020. The monoisotopic (exact) mass is 738 g/mol. The van der Waals surface area contributed by atoms with Crippen LogP contribution in [0.5, 0.6) is 0 Å². The number of furan rings is 1. The molecule has 3 nitrogen and oxygen atoms in total. The van der Waals surface area contributed by atoms with Crippen LogP contribution in [0.25, 0.3) is 60.9 Å². The molecule has 55 heavy (non-hydrogen) atoms. The summed E-state index contributed by atoms with van der Waals surface area (Å²) in [7, 11) is -2.88. The molecule has 0 aliphatic carbocycles. The molecule has 0 bridgehead atoms. The number of para-hydroxylation sites is 3. The second kappa shape index (κ2) is 12.9. The van der Waals surface area contributed by atoms with Gasteiger partial charge in [-0.05, 0) is 67.8 Å². The molecule has 3 heterocycles. The molecule has 0 saturated carbocycles. The minimum atomic E-state index is -2.88. The Kier molecular flexibility index (Phi) is 7.51. The van der Waals surface area contributed by atoms with Crippen LogP contribution in [0, 0.1) is 0 Å². The van der Waals surface area contributed by atoms with E-state index in [9.17, 15) is 0 Å². The molecule has 10 aromatic rings. The summed E-state index contributed by atoms with van der Waals surface area (Å²) in [5, 5.41) is 7.61. The summed E-state index contributed by atoms with van der Waals surface area (Å²) in [6.07, 6.45) is 0. The summed E-state index contributed by atoms with van der Waals surface area (Å²) in [5.41, 5.74) is 9.83. The predicted octanol–water partition coefficient (Wildman–Crippen LogP) is 10.2. The van der Waals surface area contributed by atoms with Crippen molar-refractivity contribution < 1.29 is 4.42 Å². The number of hydrogen-bond acceptors (Lipinski definition) is 3. The standard InChI is InChI=1S/C50H34N2OSSi/c1-3-16-37(17-4-1)55(38-18-5-2-6-19-38,40-21-12-15-36(31-40)41-23-13-24-43-42-22-7-9-26-47(42)53-50(41)43)39-20-11-14-34(30-39)35-28-29-45-44(32-35)51-49-33-54-48-27-10-8-25-46(48)52(45)49/h1-32H,33H2. The Morgan fingerprint density at radius 3 is 1.93 bits per heavy atom. The van der Waals surface area contributed by atoms with E-state index in [0.29, 0.717) is 0 Å². The molecule has 0 amide bonds. The van der Waals surface area contributed by atoms with Gasteiger partial charge in [0.1, 0.15) is 17.0 Å². The van der Waals surface area contributed by atoms with Gasteiger partial charge in [-0.3, -0.25) is 4.57 Å². The number of imidazole rings is 1. The quantitative estimate of drug-likeness (QED) is 0.126. The van der Waals surface area contributed by atoms with Crippen molar-refractivity contribution in [3.63, 3.8) is 0 Å². The van der Waals surface area contributed by atoms with E-state index in [1.165, 1.54) is 42.5 Å². The van der Waals surface area contributed by atoms with E-state index in [4.69, 9.17) is 9.40 Å². The maximum atomic E-state index is 6.56. The first-order chi connectivity index (χ1) is 27.3. The van der Waals surface area contributed by atoms with Crippen molar-refractivity contribution in [3.8, 4) is 27.9 Å². The zero-order valence-electron chi connectivity index (χ0n) is 29.9. The topological polar surface area (TPSA) is 31.0 Å². The molecule has 2 aromatic heterocycles. The first kappa shape index (κ1) is 32.1. The van der Waals surface area contributed by atoms with Crippen molar-refractivity contribution in [2.45, 2.75) is 10.6 Å². The number of thioether (sulfide) groups is 1. The van der Waals surface area contributed by atoms with Crippen LogP contribution in [0.3, 0.4) is 0 Å². The van der Waals surface area contributed by atoms with Crippen LogP contribution in [-0.4, -0.2) is 17.6 Å². The van der Waals surface area contributed by atoms with Gasteiger partial charge in [0, 0.05) is 21.2 Å². The maximum Gasteiger partial charge on any atom is 0.179 e. The van der Waals surface area contributed by atoms with Gasteiger partial charge in [-0.2, -0.15) is 0 Å². The van der Waals surface area contributed by atoms with E-state index in [0.717, 1.165) is 55.7 Å². The molecule has 0 fully saturated rings. The number of hydrogen-bond donors (Lipinski definition) is 0. The minimum absolute atomic E-state index is 0.864. The lowest BCUT2D eigenvalue weighted by Gasteiger charge is -2.35. The van der Waals surface area contributed by atoms with Crippen molar-refractivity contribution in [1.29, 1.82) is 0 Å². The normalized spacial score (nSPS) is 12.6. The lowest BCUT2D eigenvalue weighted by molar-refractivity contribution is 0.670. The van der Waals surface area contributed by atoms with Crippen molar-refractivity contribution in [2.24, 2.45) is 0 Å². The third-order valence-electron chi connectivity index (χ3n) is 11.2. The highest BCUT2D eigenvalue weighted by molar-refractivity contribution is 7.98. The van der Waals surface area contributed by atoms with Crippen molar-refractivity contribution >= 4 is 73.6 Å². The summed E-state index contributed by atoms with van der Waals surface area (Å²) in [4.78, 5) is 6.47. The van der Waals surface area contributed by atoms with Crippen LogP contribution in [0.2, 0.25) is 0 Å². The molecule has 8 aromatic carbocycles. The van der Waals surface area contributed by atoms with E-state index in [2.05, 4.69) is 193 Å². The van der Waals surface area contributed by atoms with Gasteiger partial charge in [0.2, 0.25) is 0 Å². The molecule has 0 atom stereocenters. The van der Waals surface area contributed by atoms with Gasteiger partial charge in [-0.25, -0.2) is 4.98 Å². The van der Waals surface area contributed by atoms with E-state index >= 15 is 0 Å². The summed E-state index contributed by atoms with van der Waals surface area (Å²) in [5.74, 6) is 1.96. The highest BCUT2D eigenvalue weighted by Gasteiger charge is 2.41. The maximum absolute atomic E-state index is 6.56. The van der Waals surface area contributed by atoms with E-state index in [1.807, 2.05) is 17.8 Å². The van der Waals surface area contributed by atoms with E-state index in [1.54, 1.807) is 0 Å². The summed E-state index contributed by atoms with van der Waals surface area (Å²) >= 11 is 1.86. The Hall–Kier alpha value is -6.40. The Balaban J connectivity index is 1.11. The second-order valence-corrected chi connectivity index (χ2v) is 19.1. The molecule has 0 N–H and O–H groups in total. The molecule has 0 radical (unpaired) electrons. The minimum Gasteiger partial charge on any atom is -0.455 e. The van der Waals surface area contributed by atoms with Gasteiger partial charge in [-0.15, -0.1) is 11.8 Å². The Morgan fingerprint density at radius 2 is 1.13 bits per heavy atom. The fourth-order valence-electron chi connectivity index (χ4n) is 8.78. The number of benzene rings is 8. The van der Waals surface area contributed by atoms with Gasteiger partial charge < -0.3 is 4.42 Å². The first-order valence-electron chi connectivity index (χ1n) is 18.7. The molecule has 1 aliphatic heterocycles. The van der Waals surface area contributed by atoms with Crippen LogP contribution in [-0.2, 0) is 5.75 Å². The fourth-order valence-corrected chi connectivity index (χ4v) is 14.6. The van der Waals surface area contributed by atoms with Crippen LogP contribution in [0.15, 0.2) is 203 Å². The first-order valence-corrected chi connectivity index (χ1v) is 21.7. The fraction of sp³-hybridized carbons (Fsp3) is 0.0200. The second-order valence-electron chi connectivity index (χ2n) is 14.2. The summed E-state index contributed by atoms with van der Waals surface area (Å²) < 4.78 is 8.90. The molecule has 0 unspecified atom stereocenters. The molecular formula is C50H34N2OSSi. The van der Waals surface area contributed by atoms with Crippen molar-refractivity contribution in [3.05, 3.63) is 200 Å². The molecule has 0 spiro atoms. The molecule has 0 saturated heterocycles. The summed E-state index contributed by atoms with van der Waals surface area (Å²) in [6.45, 7) is 0. The van der Waals surface area contributed by atoms with Gasteiger partial charge in [-0.1, -0.05) is 164 Å². The molecule has 260 valence electrons. The lowest BCUT2D eigenvalue weighted by atomic mass is 10.0. The lowest BCUT2D eigenvalue weighted by Crippen LogP contribution is -2.74. The van der Waals surface area contributed by atoms with Gasteiger partial charge in [0.15, 0.2) is 8.07 Å². The van der Waals surface area contributed by atoms with Crippen LogP contribution in [0.1, 0.15) is 5.82 Å². The van der Waals surface area contributed by atoms with Gasteiger partial charge in [0.05, 0.1) is 22.5 Å². The average Bonchev–Trinajstić information content (AvgIpc) is 3.84. The Labute approximate surface area is 324 Å². The molecule has 1 aliphatic rings. The number of aromatic nitrogens is 2. The highest BCUT2D eigenvalue weighted by Crippen LogP contribution is 2.39. The number of rotatable bonds is 6.